The van der Waals surface area contributed by atoms with E-state index in [-0.39, 0.29) is 21.7 Å². The number of nitrogens with zero attached hydrogens (tertiary/aromatic N) is 1. The average molecular weight is 685 g/mol. The van der Waals surface area contributed by atoms with E-state index in [0.717, 1.165) is 6.26 Å². The standard InChI is InChI=1S/C32H36N4O11S/c1-12-16-9-10-17(35-31(44)13(2)34-14-7-6-8-15(11-14)48(5,46)47)24(37)19(16)25(38)20-18(12)26(39)22-23(36(3)4)27(40)21(30(33)43)29(42)32(22,45)28(20)41/h6-13,18,20-23,26,34,37,39,45H,1-5H3,(H2,33,43)(H,35,44)/t12?,13?,18?,20?,21?,22?,23-,26?,32-/m0/s1. The minimum atomic E-state index is -3.52. The van der Waals surface area contributed by atoms with Crippen molar-refractivity contribution in [2.45, 2.75) is 48.4 Å². The van der Waals surface area contributed by atoms with Gasteiger partial charge < -0.3 is 31.7 Å². The molecule has 2 aromatic rings. The van der Waals surface area contributed by atoms with Gasteiger partial charge in [-0.2, -0.15) is 0 Å². The summed E-state index contributed by atoms with van der Waals surface area (Å²) in [5.41, 5.74) is 2.15. The number of nitrogens with one attached hydrogen (secondary N) is 2. The Morgan fingerprint density at radius 2 is 1.71 bits per heavy atom. The number of nitrogens with two attached hydrogens (primary N) is 1. The fraction of sp³-hybridized carbons (Fsp3) is 0.438. The molecule has 3 aliphatic carbocycles. The summed E-state index contributed by atoms with van der Waals surface area (Å²) in [6.45, 7) is 3.04. The Morgan fingerprint density at radius 3 is 2.29 bits per heavy atom. The number of aliphatic hydroxyl groups is 2. The SMILES string of the molecule is CC(Nc1cccc(S(C)(=O)=O)c1)C(=O)Nc1ccc2c(c1O)C(=O)C1C(=O)[C@]3(O)C(=O)C(C(N)=O)C(=O)[C@@H](N(C)C)C3C(O)C1C2C. The van der Waals surface area contributed by atoms with Crippen molar-refractivity contribution >= 4 is 56.2 Å². The molecule has 7 unspecified atom stereocenters. The maximum absolute atomic E-state index is 14.1. The molecule has 256 valence electrons. The van der Waals surface area contributed by atoms with Gasteiger partial charge in [0.05, 0.1) is 40.1 Å². The summed E-state index contributed by atoms with van der Waals surface area (Å²) in [7, 11) is -0.707. The lowest BCUT2D eigenvalue weighted by molar-refractivity contribution is -0.196. The highest BCUT2D eigenvalue weighted by atomic mass is 32.2. The number of benzene rings is 2. The number of fused-ring (bicyclic) bond motifs is 3. The molecule has 7 N–H and O–H groups in total. The Kier molecular flexibility index (Phi) is 8.61. The van der Waals surface area contributed by atoms with Gasteiger partial charge in [-0.1, -0.05) is 19.1 Å². The Hall–Kier alpha value is -4.51. The molecule has 0 saturated heterocycles. The molecule has 0 aromatic heterocycles. The Bertz CT molecular complexity index is 1890. The number of carbonyl (C=O) groups is 6. The Balaban J connectivity index is 1.50. The molecule has 2 amide bonds. The van der Waals surface area contributed by atoms with E-state index in [0.29, 0.717) is 5.69 Å². The molecule has 16 heteroatoms. The van der Waals surface area contributed by atoms with Crippen LogP contribution in [0.4, 0.5) is 11.4 Å². The second-order valence-electron chi connectivity index (χ2n) is 12.9. The van der Waals surface area contributed by atoms with E-state index in [9.17, 15) is 52.5 Å². The molecule has 2 saturated carbocycles. The number of anilines is 2. The second-order valence-corrected chi connectivity index (χ2v) is 15.0. The number of likely N-dealkylation sites (N-methyl/N-ethyl adjacent to an activating group) is 1. The van der Waals surface area contributed by atoms with Crippen LogP contribution in [0.15, 0.2) is 41.3 Å². The first-order chi connectivity index (χ1) is 22.2. The van der Waals surface area contributed by atoms with Crippen molar-refractivity contribution in [3.63, 3.8) is 0 Å². The number of Topliss-reactive ketones (excluding diaryl/α,β-unsaturated/α-hetero) is 4. The quantitative estimate of drug-likeness (QED) is 0.155. The van der Waals surface area contributed by atoms with Crippen LogP contribution in [0.3, 0.4) is 0 Å². The number of hydrogen-bond acceptors (Lipinski definition) is 13. The number of aromatic hydroxyl groups is 1. The molecule has 0 radical (unpaired) electrons. The van der Waals surface area contributed by atoms with Crippen LogP contribution in [0.25, 0.3) is 0 Å². The number of ketones is 4. The van der Waals surface area contributed by atoms with Gasteiger partial charge >= 0.3 is 0 Å². The number of sulfone groups is 1. The third-order valence-corrected chi connectivity index (χ3v) is 10.9. The summed E-state index contributed by atoms with van der Waals surface area (Å²) in [6.07, 6.45) is -0.730. The second kappa shape index (κ2) is 11.9. The van der Waals surface area contributed by atoms with Crippen LogP contribution >= 0.6 is 0 Å². The van der Waals surface area contributed by atoms with Crippen LogP contribution in [0.2, 0.25) is 0 Å². The minimum absolute atomic E-state index is 0.0284. The Labute approximate surface area is 275 Å². The van der Waals surface area contributed by atoms with Crippen LogP contribution in [-0.2, 0) is 33.8 Å². The molecular weight excluding hydrogens is 648 g/mol. The van der Waals surface area contributed by atoms with Gasteiger partial charge in [0.2, 0.25) is 11.8 Å². The summed E-state index contributed by atoms with van der Waals surface area (Å²) < 4.78 is 23.8. The fourth-order valence-corrected chi connectivity index (χ4v) is 8.13. The predicted molar refractivity (Wildman–Crippen MR) is 169 cm³/mol. The van der Waals surface area contributed by atoms with Gasteiger partial charge in [-0.25, -0.2) is 8.42 Å². The molecule has 0 spiro atoms. The topological polar surface area (TPSA) is 251 Å². The molecule has 9 atom stereocenters. The first-order valence-corrected chi connectivity index (χ1v) is 16.9. The van der Waals surface area contributed by atoms with E-state index in [4.69, 9.17) is 5.73 Å². The van der Waals surface area contributed by atoms with E-state index < -0.39 is 104 Å². The lowest BCUT2D eigenvalue weighted by Crippen LogP contribution is -2.77. The number of rotatable bonds is 7. The van der Waals surface area contributed by atoms with Crippen LogP contribution in [0, 0.1) is 23.7 Å². The summed E-state index contributed by atoms with van der Waals surface area (Å²) in [6, 6.07) is 6.09. The maximum atomic E-state index is 14.1. The summed E-state index contributed by atoms with van der Waals surface area (Å²) >= 11 is 0. The molecule has 5 rings (SSSR count). The van der Waals surface area contributed by atoms with E-state index in [2.05, 4.69) is 10.6 Å². The number of aliphatic hydroxyl groups excluding tert-OH is 1. The largest absolute Gasteiger partial charge is 0.505 e. The van der Waals surface area contributed by atoms with Crippen molar-refractivity contribution in [1.29, 1.82) is 0 Å². The average Bonchev–Trinajstić information content (AvgIpc) is 2.99. The van der Waals surface area contributed by atoms with Crippen LogP contribution in [0.5, 0.6) is 5.75 Å². The highest BCUT2D eigenvalue weighted by molar-refractivity contribution is 7.90. The molecule has 0 aliphatic heterocycles. The first kappa shape index (κ1) is 34.8. The third-order valence-electron chi connectivity index (χ3n) is 9.79. The first-order valence-electron chi connectivity index (χ1n) is 15.0. The third kappa shape index (κ3) is 5.19. The molecule has 2 aromatic carbocycles. The van der Waals surface area contributed by atoms with Crippen LogP contribution in [0.1, 0.15) is 35.7 Å². The number of amides is 2. The molecule has 48 heavy (non-hydrogen) atoms. The number of carbonyl (C=O) groups excluding carboxylic acids is 6. The molecule has 0 heterocycles. The molecule has 3 aliphatic rings. The molecule has 2 fully saturated rings. The van der Waals surface area contributed by atoms with Gasteiger partial charge in [-0.15, -0.1) is 0 Å². The highest BCUT2D eigenvalue weighted by Crippen LogP contribution is 2.55. The maximum Gasteiger partial charge on any atom is 0.246 e. The van der Waals surface area contributed by atoms with E-state index in [1.54, 1.807) is 13.0 Å². The lowest BCUT2D eigenvalue weighted by Gasteiger charge is -2.56. The summed E-state index contributed by atoms with van der Waals surface area (Å²) in [5.74, 6) is -15.5. The number of phenols is 1. The van der Waals surface area contributed by atoms with Crippen molar-refractivity contribution in [2.75, 3.05) is 31.0 Å². The predicted octanol–water partition coefficient (Wildman–Crippen LogP) is -0.759. The molecular formula is C32H36N4O11S. The van der Waals surface area contributed by atoms with Crippen molar-refractivity contribution in [3.8, 4) is 5.75 Å². The van der Waals surface area contributed by atoms with Gasteiger partial charge in [-0.3, -0.25) is 33.7 Å². The molecule has 0 bridgehead atoms. The number of primary amides is 1. The summed E-state index contributed by atoms with van der Waals surface area (Å²) in [5, 5.41) is 40.1. The smallest absolute Gasteiger partial charge is 0.246 e. The Morgan fingerprint density at radius 1 is 1.06 bits per heavy atom. The lowest BCUT2D eigenvalue weighted by atomic mass is 9.49. The van der Waals surface area contributed by atoms with Crippen molar-refractivity contribution < 1.29 is 52.5 Å². The monoisotopic (exact) mass is 684 g/mol. The minimum Gasteiger partial charge on any atom is -0.505 e. The van der Waals surface area contributed by atoms with Gasteiger partial charge in [0, 0.05) is 17.9 Å². The zero-order valence-electron chi connectivity index (χ0n) is 26.6. The van der Waals surface area contributed by atoms with Crippen LogP contribution < -0.4 is 16.4 Å². The number of hydrogen-bond donors (Lipinski definition) is 6. The van der Waals surface area contributed by atoms with E-state index in [1.165, 1.54) is 56.3 Å². The van der Waals surface area contributed by atoms with Gasteiger partial charge in [0.15, 0.2) is 44.5 Å². The zero-order chi connectivity index (χ0) is 35.8. The van der Waals surface area contributed by atoms with Crippen LogP contribution in [-0.4, -0.2) is 108 Å². The zero-order valence-corrected chi connectivity index (χ0v) is 27.4. The van der Waals surface area contributed by atoms with Crippen molar-refractivity contribution in [2.24, 2.45) is 29.4 Å². The molecule has 15 nitrogen and oxygen atoms in total. The fourth-order valence-electron chi connectivity index (χ4n) is 7.46. The van der Waals surface area contributed by atoms with Gasteiger partial charge in [0.25, 0.3) is 0 Å². The normalized spacial score (nSPS) is 30.6. The van der Waals surface area contributed by atoms with Gasteiger partial charge in [-0.05, 0) is 56.8 Å². The van der Waals surface area contributed by atoms with E-state index in [1.807, 2.05) is 0 Å². The number of phenolic OH excluding ortho intramolecular Hbond substituents is 1. The van der Waals surface area contributed by atoms with E-state index >= 15 is 0 Å². The van der Waals surface area contributed by atoms with Crippen molar-refractivity contribution in [1.82, 2.24) is 4.90 Å². The summed E-state index contributed by atoms with van der Waals surface area (Å²) in [4.78, 5) is 81.6. The van der Waals surface area contributed by atoms with Gasteiger partial charge in [0.1, 0.15) is 11.8 Å². The highest BCUT2D eigenvalue weighted by Gasteiger charge is 2.72. The van der Waals surface area contributed by atoms with Crippen molar-refractivity contribution in [3.05, 3.63) is 47.5 Å².